The van der Waals surface area contributed by atoms with Gasteiger partial charge in [-0.15, -0.1) is 0 Å². The van der Waals surface area contributed by atoms with Crippen LogP contribution in [-0.4, -0.2) is 30.2 Å². The smallest absolute Gasteiger partial charge is 0.294 e. The fourth-order valence-electron chi connectivity index (χ4n) is 2.25. The molecule has 5 nitrogen and oxygen atoms in total. The Labute approximate surface area is 126 Å². The number of aliphatic hydroxyl groups is 1. The van der Waals surface area contributed by atoms with Gasteiger partial charge in [0.2, 0.25) is 0 Å². The molecule has 0 bridgehead atoms. The van der Waals surface area contributed by atoms with Gasteiger partial charge in [-0.2, -0.15) is 8.42 Å². The zero-order valence-corrected chi connectivity index (χ0v) is 13.4. The van der Waals surface area contributed by atoms with Crippen molar-refractivity contribution < 1.29 is 18.1 Å². The molecule has 1 aromatic rings. The highest BCUT2D eigenvalue weighted by atomic mass is 32.2. The second-order valence-electron chi connectivity index (χ2n) is 5.96. The molecule has 0 aliphatic heterocycles. The van der Waals surface area contributed by atoms with Crippen LogP contribution in [0.1, 0.15) is 38.2 Å². The van der Waals surface area contributed by atoms with Crippen molar-refractivity contribution in [2.45, 2.75) is 50.0 Å². The van der Waals surface area contributed by atoms with E-state index in [0.29, 0.717) is 5.92 Å². The molecule has 6 heteroatoms. The first-order valence-corrected chi connectivity index (χ1v) is 8.55. The Hall–Kier alpha value is -0.950. The Kier molecular flexibility index (Phi) is 6.34. The SMILES string of the molecule is CC1(O)CCC(CN)CC1.Cc1ccc(S(=O)(=O)O)cc1. The Bertz CT molecular complexity index is 527. The maximum absolute atomic E-state index is 10.5. The summed E-state index contributed by atoms with van der Waals surface area (Å²) < 4.78 is 29.6. The van der Waals surface area contributed by atoms with Crippen LogP contribution in [-0.2, 0) is 10.1 Å². The average molecular weight is 315 g/mol. The van der Waals surface area contributed by atoms with Crippen molar-refractivity contribution in [1.82, 2.24) is 0 Å². The molecule has 0 heterocycles. The molecule has 1 aromatic carbocycles. The maximum Gasteiger partial charge on any atom is 0.294 e. The quantitative estimate of drug-likeness (QED) is 0.726. The van der Waals surface area contributed by atoms with Crippen molar-refractivity contribution in [2.75, 3.05) is 6.54 Å². The number of nitrogens with two attached hydrogens (primary N) is 1. The van der Waals surface area contributed by atoms with E-state index in [0.717, 1.165) is 37.8 Å². The number of benzene rings is 1. The van der Waals surface area contributed by atoms with Gasteiger partial charge in [-0.25, -0.2) is 0 Å². The van der Waals surface area contributed by atoms with E-state index in [1.165, 1.54) is 12.1 Å². The average Bonchev–Trinajstić information content (AvgIpc) is 2.39. The summed E-state index contributed by atoms with van der Waals surface area (Å²) in [6.07, 6.45) is 4.05. The Balaban J connectivity index is 0.000000211. The number of rotatable bonds is 2. The van der Waals surface area contributed by atoms with Crippen LogP contribution in [0.5, 0.6) is 0 Å². The predicted octanol–water partition coefficient (Wildman–Crippen LogP) is 2.13. The summed E-state index contributed by atoms with van der Waals surface area (Å²) in [4.78, 5) is -0.0666. The number of aryl methyl sites for hydroxylation is 1. The van der Waals surface area contributed by atoms with Crippen molar-refractivity contribution >= 4 is 10.1 Å². The summed E-state index contributed by atoms with van der Waals surface area (Å²) in [6.45, 7) is 4.55. The minimum atomic E-state index is -4.02. The first kappa shape index (κ1) is 18.1. The van der Waals surface area contributed by atoms with Crippen LogP contribution in [0.15, 0.2) is 29.2 Å². The van der Waals surface area contributed by atoms with E-state index in [2.05, 4.69) is 0 Å². The largest absolute Gasteiger partial charge is 0.390 e. The molecule has 0 atom stereocenters. The molecule has 0 radical (unpaired) electrons. The zero-order chi connectivity index (χ0) is 16.1. The lowest BCUT2D eigenvalue weighted by Gasteiger charge is -2.32. The second kappa shape index (κ2) is 7.35. The molecule has 0 aromatic heterocycles. The third kappa shape index (κ3) is 6.56. The van der Waals surface area contributed by atoms with Gasteiger partial charge in [-0.3, -0.25) is 4.55 Å². The van der Waals surface area contributed by atoms with Crippen molar-refractivity contribution in [3.63, 3.8) is 0 Å². The van der Waals surface area contributed by atoms with Crippen molar-refractivity contribution in [2.24, 2.45) is 11.7 Å². The summed E-state index contributed by atoms with van der Waals surface area (Å²) >= 11 is 0. The molecule has 4 N–H and O–H groups in total. The molecule has 0 amide bonds. The molecule has 21 heavy (non-hydrogen) atoms. The summed E-state index contributed by atoms with van der Waals surface area (Å²) in [5.74, 6) is 0.667. The van der Waals surface area contributed by atoms with Gasteiger partial charge in [0.25, 0.3) is 10.1 Å². The van der Waals surface area contributed by atoms with Crippen LogP contribution < -0.4 is 5.73 Å². The first-order valence-electron chi connectivity index (χ1n) is 7.11. The number of hydrogen-bond donors (Lipinski definition) is 3. The predicted molar refractivity (Wildman–Crippen MR) is 82.6 cm³/mol. The molecule has 1 aliphatic rings. The van der Waals surface area contributed by atoms with Crippen LogP contribution in [0.25, 0.3) is 0 Å². The lowest BCUT2D eigenvalue weighted by molar-refractivity contribution is 0.00927. The Morgan fingerprint density at radius 3 is 2.10 bits per heavy atom. The van der Waals surface area contributed by atoms with E-state index in [1.54, 1.807) is 12.1 Å². The Morgan fingerprint density at radius 1 is 1.24 bits per heavy atom. The van der Waals surface area contributed by atoms with Gasteiger partial charge in [0.15, 0.2) is 0 Å². The second-order valence-corrected chi connectivity index (χ2v) is 7.39. The third-order valence-electron chi connectivity index (χ3n) is 3.83. The highest BCUT2D eigenvalue weighted by Gasteiger charge is 2.27. The monoisotopic (exact) mass is 315 g/mol. The van der Waals surface area contributed by atoms with Gasteiger partial charge in [-0.05, 0) is 64.1 Å². The van der Waals surface area contributed by atoms with E-state index in [4.69, 9.17) is 10.3 Å². The fraction of sp³-hybridized carbons (Fsp3) is 0.600. The minimum absolute atomic E-state index is 0.0666. The lowest BCUT2D eigenvalue weighted by atomic mass is 9.80. The van der Waals surface area contributed by atoms with Gasteiger partial charge < -0.3 is 10.8 Å². The van der Waals surface area contributed by atoms with Crippen molar-refractivity contribution in [3.05, 3.63) is 29.8 Å². The fourth-order valence-corrected chi connectivity index (χ4v) is 2.73. The zero-order valence-electron chi connectivity index (χ0n) is 12.6. The van der Waals surface area contributed by atoms with Crippen LogP contribution >= 0.6 is 0 Å². The molecule has 1 fully saturated rings. The van der Waals surface area contributed by atoms with Crippen LogP contribution in [0, 0.1) is 12.8 Å². The molecule has 0 spiro atoms. The molecule has 1 aliphatic carbocycles. The summed E-state index contributed by atoms with van der Waals surface area (Å²) in [7, 11) is -4.02. The topological polar surface area (TPSA) is 101 Å². The van der Waals surface area contributed by atoms with Crippen LogP contribution in [0.4, 0.5) is 0 Å². The maximum atomic E-state index is 10.5. The first-order chi connectivity index (χ1) is 9.64. The third-order valence-corrected chi connectivity index (χ3v) is 4.70. The van der Waals surface area contributed by atoms with E-state index in [1.807, 2.05) is 13.8 Å². The number of hydrogen-bond acceptors (Lipinski definition) is 4. The Morgan fingerprint density at radius 2 is 1.71 bits per heavy atom. The van der Waals surface area contributed by atoms with E-state index < -0.39 is 15.7 Å². The van der Waals surface area contributed by atoms with Gasteiger partial charge in [-0.1, -0.05) is 17.7 Å². The molecule has 2 rings (SSSR count). The minimum Gasteiger partial charge on any atom is -0.390 e. The van der Waals surface area contributed by atoms with Crippen molar-refractivity contribution in [1.29, 1.82) is 0 Å². The van der Waals surface area contributed by atoms with E-state index >= 15 is 0 Å². The van der Waals surface area contributed by atoms with Gasteiger partial charge >= 0.3 is 0 Å². The van der Waals surface area contributed by atoms with Crippen molar-refractivity contribution in [3.8, 4) is 0 Å². The van der Waals surface area contributed by atoms with Gasteiger partial charge in [0, 0.05) is 0 Å². The van der Waals surface area contributed by atoms with E-state index in [-0.39, 0.29) is 4.90 Å². The molecular weight excluding hydrogens is 290 g/mol. The standard InChI is InChI=1S/C8H17NO.C7H8O3S/c1-8(10)4-2-7(6-9)3-5-8;1-6-2-4-7(5-3-6)11(8,9)10/h7,10H,2-6,9H2,1H3;2-5H,1H3,(H,8,9,10). The lowest BCUT2D eigenvalue weighted by Crippen LogP contribution is -2.32. The normalized spacial score (nSPS) is 25.9. The molecule has 1 saturated carbocycles. The summed E-state index contributed by atoms with van der Waals surface area (Å²) in [6, 6.07) is 5.99. The van der Waals surface area contributed by atoms with Gasteiger partial charge in [0.1, 0.15) is 0 Å². The summed E-state index contributed by atoms with van der Waals surface area (Å²) in [5, 5.41) is 9.55. The molecule has 0 saturated heterocycles. The summed E-state index contributed by atoms with van der Waals surface area (Å²) in [5.41, 5.74) is 6.07. The molecule has 120 valence electrons. The molecular formula is C15H25NO4S. The van der Waals surface area contributed by atoms with E-state index in [9.17, 15) is 13.5 Å². The highest BCUT2D eigenvalue weighted by molar-refractivity contribution is 7.85. The molecule has 0 unspecified atom stereocenters. The van der Waals surface area contributed by atoms with Crippen LogP contribution in [0.2, 0.25) is 0 Å². The van der Waals surface area contributed by atoms with Gasteiger partial charge in [0.05, 0.1) is 10.5 Å². The highest BCUT2D eigenvalue weighted by Crippen LogP contribution is 2.30. The van der Waals surface area contributed by atoms with Crippen LogP contribution in [0.3, 0.4) is 0 Å².